The topological polar surface area (TPSA) is 183 Å². The lowest BCUT2D eigenvalue weighted by atomic mass is 9.93. The molecule has 0 aliphatic carbocycles. The number of hydrogen-bond donors (Lipinski definition) is 6. The van der Waals surface area contributed by atoms with E-state index in [-0.39, 0.29) is 25.5 Å². The third-order valence-electron chi connectivity index (χ3n) is 6.72. The number of aliphatic hydroxyl groups excluding tert-OH is 3. The lowest BCUT2D eigenvalue weighted by molar-refractivity contribution is -0.153. The van der Waals surface area contributed by atoms with Crippen molar-refractivity contribution in [3.63, 3.8) is 0 Å². The molecular weight excluding hydrogens is 518 g/mol. The second-order valence-electron chi connectivity index (χ2n) is 9.85. The van der Waals surface area contributed by atoms with E-state index in [1.54, 1.807) is 13.8 Å². The Morgan fingerprint density at radius 3 is 2.12 bits per heavy atom. The highest BCUT2D eigenvalue weighted by atomic mass is 16.5. The van der Waals surface area contributed by atoms with Crippen molar-refractivity contribution < 1.29 is 39.5 Å². The summed E-state index contributed by atoms with van der Waals surface area (Å²) in [5.74, 6) is -1.80. The largest absolute Gasteiger partial charge is 0.480 e. The van der Waals surface area contributed by atoms with Gasteiger partial charge in [-0.2, -0.15) is 0 Å². The van der Waals surface area contributed by atoms with Gasteiger partial charge in [-0.25, -0.2) is 4.79 Å². The predicted molar refractivity (Wildman–Crippen MR) is 148 cm³/mol. The first-order valence-corrected chi connectivity index (χ1v) is 13.3. The number of carbonyl (C=O) groups is 3. The molecule has 11 nitrogen and oxygen atoms in total. The number of aryl methyl sites for hydroxylation is 1. The summed E-state index contributed by atoms with van der Waals surface area (Å²) in [6.07, 6.45) is 1.37. The fourth-order valence-electron chi connectivity index (χ4n) is 4.21. The Bertz CT molecular complexity index is 1090. The summed E-state index contributed by atoms with van der Waals surface area (Å²) in [5, 5.41) is 37.8. The highest BCUT2D eigenvalue weighted by Gasteiger charge is 2.37. The van der Waals surface area contributed by atoms with E-state index in [0.717, 1.165) is 16.7 Å². The van der Waals surface area contributed by atoms with Crippen molar-refractivity contribution in [2.24, 2.45) is 5.73 Å². The van der Waals surface area contributed by atoms with E-state index in [9.17, 15) is 19.5 Å². The average molecular weight is 560 g/mol. The van der Waals surface area contributed by atoms with E-state index in [0.29, 0.717) is 12.8 Å². The molecule has 1 aliphatic heterocycles. The molecule has 0 spiro atoms. The molecule has 0 saturated carbocycles. The number of nitrogens with zero attached hydrogens (tertiary/aromatic N) is 1. The van der Waals surface area contributed by atoms with Crippen molar-refractivity contribution >= 4 is 17.8 Å². The average Bonchev–Trinajstić information content (AvgIpc) is 2.98. The van der Waals surface area contributed by atoms with Crippen LogP contribution in [0.3, 0.4) is 0 Å². The van der Waals surface area contributed by atoms with Crippen LogP contribution in [0.25, 0.3) is 0 Å². The van der Waals surface area contributed by atoms with E-state index < -0.39 is 55.4 Å². The first kappa shape index (κ1) is 32.9. The van der Waals surface area contributed by atoms with Crippen LogP contribution in [0.1, 0.15) is 37.0 Å². The first-order chi connectivity index (χ1) is 19.1. The van der Waals surface area contributed by atoms with Gasteiger partial charge in [-0.1, -0.05) is 54.6 Å². The molecule has 1 aliphatic rings. The number of carboxylic acid groups (broad SMARTS) is 1. The number of fused-ring (bicyclic) bond motifs is 1. The zero-order chi connectivity index (χ0) is 29.7. The molecule has 0 fully saturated rings. The van der Waals surface area contributed by atoms with Crippen LogP contribution in [0.4, 0.5) is 0 Å². The number of ether oxygens (including phenoxy) is 1. The van der Waals surface area contributed by atoms with Crippen LogP contribution in [0.2, 0.25) is 0 Å². The molecule has 0 aromatic heterocycles. The Morgan fingerprint density at radius 2 is 1.60 bits per heavy atom. The van der Waals surface area contributed by atoms with E-state index in [1.807, 2.05) is 54.6 Å². The van der Waals surface area contributed by atoms with Gasteiger partial charge in [-0.15, -0.1) is 0 Å². The third-order valence-corrected chi connectivity index (χ3v) is 6.72. The van der Waals surface area contributed by atoms with Crippen molar-refractivity contribution in [1.82, 2.24) is 10.2 Å². The quantitative estimate of drug-likeness (QED) is 0.197. The number of esters is 1. The molecule has 220 valence electrons. The van der Waals surface area contributed by atoms with Gasteiger partial charge in [0.15, 0.2) is 0 Å². The van der Waals surface area contributed by atoms with E-state index in [1.165, 1.54) is 4.90 Å². The van der Waals surface area contributed by atoms with E-state index in [4.69, 9.17) is 25.8 Å². The van der Waals surface area contributed by atoms with Crippen LogP contribution in [-0.2, 0) is 38.5 Å². The maximum Gasteiger partial charge on any atom is 0.326 e. The van der Waals surface area contributed by atoms with Gasteiger partial charge < -0.3 is 35.8 Å². The smallest absolute Gasteiger partial charge is 0.326 e. The van der Waals surface area contributed by atoms with Gasteiger partial charge in [-0.3, -0.25) is 14.9 Å². The van der Waals surface area contributed by atoms with Crippen LogP contribution in [0.5, 0.6) is 0 Å². The van der Waals surface area contributed by atoms with Crippen LogP contribution >= 0.6 is 0 Å². The molecule has 2 aromatic rings. The maximum atomic E-state index is 13.3. The number of amides is 1. The monoisotopic (exact) mass is 559 g/mol. The fraction of sp³-hybridized carbons (Fsp3) is 0.483. The molecule has 0 saturated heterocycles. The number of rotatable bonds is 12. The molecule has 3 atom stereocenters. The number of nitrogens with one attached hydrogen (secondary N) is 1. The lowest BCUT2D eigenvalue weighted by Crippen LogP contribution is -2.56. The molecule has 40 heavy (non-hydrogen) atoms. The minimum atomic E-state index is -1.21. The van der Waals surface area contributed by atoms with E-state index in [2.05, 4.69) is 5.32 Å². The second-order valence-corrected chi connectivity index (χ2v) is 9.85. The SMILES string of the molecule is CCOC(=O)[C@H](CCc1ccccc1)N[C@@H](C)C(=O)N1Cc2ccccc2C[C@H]1C(=O)O.NC(CO)(CO)CO. The number of carboxylic acids is 1. The van der Waals surface area contributed by atoms with Crippen LogP contribution in [-0.4, -0.2) is 93.3 Å². The van der Waals surface area contributed by atoms with Crippen LogP contribution in [0.15, 0.2) is 54.6 Å². The molecule has 1 heterocycles. The summed E-state index contributed by atoms with van der Waals surface area (Å²) in [6, 6.07) is 15.0. The summed E-state index contributed by atoms with van der Waals surface area (Å²) >= 11 is 0. The summed E-state index contributed by atoms with van der Waals surface area (Å²) in [7, 11) is 0. The number of aliphatic hydroxyl groups is 3. The number of carbonyl (C=O) groups excluding carboxylic acids is 2. The van der Waals surface area contributed by atoms with Gasteiger partial charge in [0.2, 0.25) is 5.91 Å². The van der Waals surface area contributed by atoms with Crippen molar-refractivity contribution in [2.75, 3.05) is 26.4 Å². The van der Waals surface area contributed by atoms with Gasteiger partial charge in [0, 0.05) is 13.0 Å². The summed E-state index contributed by atoms with van der Waals surface area (Å²) in [6.45, 7) is 2.67. The second kappa shape index (κ2) is 16.0. The minimum Gasteiger partial charge on any atom is -0.480 e. The predicted octanol–water partition coefficient (Wildman–Crippen LogP) is 0.228. The Balaban J connectivity index is 0.000000611. The van der Waals surface area contributed by atoms with Crippen LogP contribution in [0, 0.1) is 0 Å². The molecule has 0 bridgehead atoms. The van der Waals surface area contributed by atoms with Crippen molar-refractivity contribution in [2.45, 2.75) is 63.3 Å². The molecule has 0 unspecified atom stereocenters. The van der Waals surface area contributed by atoms with E-state index >= 15 is 0 Å². The minimum absolute atomic E-state index is 0.228. The Kier molecular flexibility index (Phi) is 13.2. The first-order valence-electron chi connectivity index (χ1n) is 13.3. The van der Waals surface area contributed by atoms with Crippen LogP contribution < -0.4 is 11.1 Å². The zero-order valence-corrected chi connectivity index (χ0v) is 23.0. The number of aliphatic carboxylic acids is 1. The Hall–Kier alpha value is -3.35. The maximum absolute atomic E-state index is 13.3. The van der Waals surface area contributed by atoms with Crippen molar-refractivity contribution in [3.05, 3.63) is 71.3 Å². The molecule has 2 aromatic carbocycles. The summed E-state index contributed by atoms with van der Waals surface area (Å²) in [4.78, 5) is 39.1. The number of nitrogens with two attached hydrogens (primary N) is 1. The molecule has 3 rings (SSSR count). The normalized spacial score (nSPS) is 16.1. The number of benzene rings is 2. The summed E-state index contributed by atoms with van der Waals surface area (Å²) < 4.78 is 5.20. The number of hydrogen-bond acceptors (Lipinski definition) is 9. The van der Waals surface area contributed by atoms with Gasteiger partial charge in [-0.05, 0) is 43.4 Å². The molecule has 0 radical (unpaired) electrons. The Morgan fingerprint density at radius 1 is 1.02 bits per heavy atom. The standard InChI is InChI=1S/C25H30N2O5.C4H11NO3/c1-3-32-25(31)21(14-13-18-9-5-4-6-10-18)26-17(2)23(28)27-16-20-12-8-7-11-19(20)15-22(27)24(29)30;5-4(1-6,2-7)3-8/h4-12,17,21-22,26H,3,13-16H2,1-2H3,(H,29,30);6-8H,1-3,5H2/t17-,21-,22-;/m0./s1. The van der Waals surface area contributed by atoms with Gasteiger partial charge in [0.05, 0.1) is 38.0 Å². The summed E-state index contributed by atoms with van der Waals surface area (Å²) in [5.41, 5.74) is 6.90. The highest BCUT2D eigenvalue weighted by molar-refractivity contribution is 5.88. The third kappa shape index (κ3) is 9.39. The van der Waals surface area contributed by atoms with Gasteiger partial charge in [0.1, 0.15) is 12.1 Å². The molecule has 11 heteroatoms. The fourth-order valence-corrected chi connectivity index (χ4v) is 4.21. The molecule has 1 amide bonds. The molecule has 7 N–H and O–H groups in total. The highest BCUT2D eigenvalue weighted by Crippen LogP contribution is 2.24. The molecular formula is C29H41N3O8. The Labute approximate surface area is 234 Å². The lowest BCUT2D eigenvalue weighted by Gasteiger charge is -2.36. The van der Waals surface area contributed by atoms with Crippen molar-refractivity contribution in [3.8, 4) is 0 Å². The van der Waals surface area contributed by atoms with Gasteiger partial charge in [0.25, 0.3) is 0 Å². The van der Waals surface area contributed by atoms with Crippen molar-refractivity contribution in [1.29, 1.82) is 0 Å². The zero-order valence-electron chi connectivity index (χ0n) is 23.0. The van der Waals surface area contributed by atoms with Gasteiger partial charge >= 0.3 is 11.9 Å².